The number of phenolic OH excluding ortho intramolecular Hbond substituents is 1. The molecule has 2 aliphatic heterocycles. The molecule has 0 aliphatic carbocycles. The number of hydrogen-bond acceptors (Lipinski definition) is 5. The molecule has 0 spiro atoms. The van der Waals surface area contributed by atoms with Crippen molar-refractivity contribution in [1.29, 1.82) is 0 Å². The molecule has 2 atom stereocenters. The summed E-state index contributed by atoms with van der Waals surface area (Å²) in [6, 6.07) is 3.56. The average molecular weight is 400 g/mol. The van der Waals surface area contributed by atoms with Crippen LogP contribution < -0.4 is 10.6 Å². The summed E-state index contributed by atoms with van der Waals surface area (Å²) < 4.78 is 0. The van der Waals surface area contributed by atoms with E-state index in [1.54, 1.807) is 6.07 Å². The molecule has 3 rings (SSSR count). The number of dihydropyridines is 1. The van der Waals surface area contributed by atoms with Gasteiger partial charge in [-0.1, -0.05) is 41.5 Å². The first-order chi connectivity index (χ1) is 13.4. The van der Waals surface area contributed by atoms with Crippen LogP contribution in [0.1, 0.15) is 59.1 Å². The molecule has 4 N–H and O–H groups in total. The van der Waals surface area contributed by atoms with Crippen LogP contribution in [-0.4, -0.2) is 41.5 Å². The van der Waals surface area contributed by atoms with E-state index in [9.17, 15) is 15.0 Å². The second-order valence-electron chi connectivity index (χ2n) is 10.1. The van der Waals surface area contributed by atoms with E-state index in [1.807, 2.05) is 26.8 Å². The van der Waals surface area contributed by atoms with Gasteiger partial charge in [-0.25, -0.2) is 0 Å². The molecule has 1 saturated heterocycles. The zero-order chi connectivity index (χ0) is 21.6. The summed E-state index contributed by atoms with van der Waals surface area (Å²) in [5.74, 6) is -0.274. The number of fused-ring (bicyclic) bond motifs is 1. The van der Waals surface area contributed by atoms with Gasteiger partial charge in [-0.3, -0.25) is 9.79 Å². The number of nitrogens with one attached hydrogen (secondary N) is 2. The van der Waals surface area contributed by atoms with Gasteiger partial charge in [0.1, 0.15) is 11.5 Å². The Hall–Kier alpha value is -2.34. The van der Waals surface area contributed by atoms with Crippen molar-refractivity contribution in [3.63, 3.8) is 0 Å². The van der Waals surface area contributed by atoms with E-state index in [4.69, 9.17) is 0 Å². The first-order valence-electron chi connectivity index (χ1n) is 10.3. The largest absolute Gasteiger partial charge is 0.511 e. The van der Waals surface area contributed by atoms with E-state index in [-0.39, 0.29) is 39.9 Å². The van der Waals surface area contributed by atoms with Gasteiger partial charge in [0.15, 0.2) is 0 Å². The van der Waals surface area contributed by atoms with Gasteiger partial charge >= 0.3 is 0 Å². The topological polar surface area (TPSA) is 94.0 Å². The van der Waals surface area contributed by atoms with E-state index in [2.05, 4.69) is 36.4 Å². The zero-order valence-corrected chi connectivity index (χ0v) is 18.3. The Kier molecular flexibility index (Phi) is 5.52. The number of nitrogens with zero attached hydrogens (tertiary/aromatic N) is 1. The number of rotatable bonds is 2. The van der Waals surface area contributed by atoms with Crippen molar-refractivity contribution in [3.05, 3.63) is 34.6 Å². The van der Waals surface area contributed by atoms with Crippen molar-refractivity contribution in [1.82, 2.24) is 5.32 Å². The number of carbonyl (C=O) groups excluding carboxylic acids is 1. The third-order valence-electron chi connectivity index (χ3n) is 5.72. The van der Waals surface area contributed by atoms with E-state index in [1.165, 1.54) is 6.21 Å². The van der Waals surface area contributed by atoms with Gasteiger partial charge in [-0.15, -0.1) is 0 Å². The van der Waals surface area contributed by atoms with Crippen LogP contribution in [0.3, 0.4) is 0 Å². The van der Waals surface area contributed by atoms with Gasteiger partial charge in [-0.2, -0.15) is 0 Å². The lowest BCUT2D eigenvalue weighted by atomic mass is 9.79. The summed E-state index contributed by atoms with van der Waals surface area (Å²) in [4.78, 5) is 17.5. The molecule has 0 radical (unpaired) electrons. The van der Waals surface area contributed by atoms with Gasteiger partial charge < -0.3 is 20.8 Å². The van der Waals surface area contributed by atoms with Crippen LogP contribution >= 0.6 is 0 Å². The van der Waals surface area contributed by atoms with Crippen LogP contribution in [0.15, 0.2) is 28.5 Å². The lowest BCUT2D eigenvalue weighted by Gasteiger charge is -2.32. The van der Waals surface area contributed by atoms with E-state index in [0.29, 0.717) is 12.2 Å². The summed E-state index contributed by atoms with van der Waals surface area (Å²) in [5.41, 5.74) is 2.04. The summed E-state index contributed by atoms with van der Waals surface area (Å²) in [6.45, 7) is 13.8. The van der Waals surface area contributed by atoms with E-state index < -0.39 is 5.91 Å². The number of anilines is 1. The predicted octanol–water partition coefficient (Wildman–Crippen LogP) is 3.80. The van der Waals surface area contributed by atoms with Crippen LogP contribution in [-0.2, 0) is 15.6 Å². The fourth-order valence-corrected chi connectivity index (χ4v) is 4.03. The average Bonchev–Trinajstić information content (AvgIpc) is 2.60. The zero-order valence-electron chi connectivity index (χ0n) is 18.3. The number of aliphatic hydroxyl groups excluding tert-OH is 1. The quantitative estimate of drug-likeness (QED) is 0.608. The lowest BCUT2D eigenvalue weighted by Crippen LogP contribution is -2.43. The highest BCUT2D eigenvalue weighted by Crippen LogP contribution is 2.40. The Morgan fingerprint density at radius 3 is 2.38 bits per heavy atom. The third kappa shape index (κ3) is 4.32. The minimum Gasteiger partial charge on any atom is -0.511 e. The lowest BCUT2D eigenvalue weighted by molar-refractivity contribution is -0.112. The molecule has 2 heterocycles. The van der Waals surface area contributed by atoms with Crippen LogP contribution in [0.2, 0.25) is 0 Å². The molecule has 6 heteroatoms. The van der Waals surface area contributed by atoms with Crippen molar-refractivity contribution in [2.45, 2.75) is 64.8 Å². The summed E-state index contributed by atoms with van der Waals surface area (Å²) in [7, 11) is 0. The highest BCUT2D eigenvalue weighted by atomic mass is 16.3. The van der Waals surface area contributed by atoms with Crippen molar-refractivity contribution in [2.75, 3.05) is 18.4 Å². The molecule has 158 valence electrons. The number of benzene rings is 1. The van der Waals surface area contributed by atoms with Crippen LogP contribution in [0.25, 0.3) is 0 Å². The predicted molar refractivity (Wildman–Crippen MR) is 117 cm³/mol. The maximum absolute atomic E-state index is 13.0. The van der Waals surface area contributed by atoms with Gasteiger partial charge in [0.25, 0.3) is 5.91 Å². The maximum Gasteiger partial charge on any atom is 0.260 e. The number of hydrogen-bond donors (Lipinski definition) is 4. The number of phenols is 1. The minimum atomic E-state index is -0.406. The molecule has 1 aromatic carbocycles. The minimum absolute atomic E-state index is 0.0273. The normalized spacial score (nSPS) is 22.4. The molecule has 1 aromatic rings. The molecule has 0 aromatic heterocycles. The number of amides is 1. The first-order valence-corrected chi connectivity index (χ1v) is 10.3. The van der Waals surface area contributed by atoms with Crippen LogP contribution in [0, 0.1) is 5.92 Å². The van der Waals surface area contributed by atoms with Crippen LogP contribution in [0.4, 0.5) is 5.69 Å². The fraction of sp³-hybridized carbons (Fsp3) is 0.565. The fourth-order valence-electron chi connectivity index (χ4n) is 4.03. The standard InChI is InChI=1S/C23H33N3O3/c1-22(2,3)15-9-16(23(4,5)6)19(27)10-17(15)26-21(29)14-11-25-18-12-24-8-7-13(18)20(14)28/h9-11,13,18,24,27-28H,7-8,12H2,1-6H3,(H,26,29). The van der Waals surface area contributed by atoms with E-state index in [0.717, 1.165) is 24.1 Å². The Balaban J connectivity index is 1.96. The molecule has 2 unspecified atom stereocenters. The number of carbonyl (C=O) groups is 1. The molecule has 1 amide bonds. The molecule has 0 bridgehead atoms. The summed E-state index contributed by atoms with van der Waals surface area (Å²) in [5, 5.41) is 27.5. The number of aromatic hydroxyl groups is 1. The number of aliphatic imine (C=N–C) groups is 1. The Morgan fingerprint density at radius 2 is 1.76 bits per heavy atom. The number of piperidine rings is 1. The Labute approximate surface area is 173 Å². The monoisotopic (exact) mass is 399 g/mol. The summed E-state index contributed by atoms with van der Waals surface area (Å²) in [6.07, 6.45) is 2.22. The SMILES string of the molecule is CC(C)(C)c1cc(C(C)(C)C)c(NC(=O)C2=C(O)C3CCNCC3N=C2)cc1O. The van der Waals surface area contributed by atoms with Gasteiger partial charge in [0, 0.05) is 30.4 Å². The highest BCUT2D eigenvalue weighted by Gasteiger charge is 2.34. The molecule has 2 aliphatic rings. The second-order valence-corrected chi connectivity index (χ2v) is 10.1. The summed E-state index contributed by atoms with van der Waals surface area (Å²) >= 11 is 0. The maximum atomic E-state index is 13.0. The van der Waals surface area contributed by atoms with Crippen molar-refractivity contribution < 1.29 is 15.0 Å². The molecular formula is C23H33N3O3. The highest BCUT2D eigenvalue weighted by molar-refractivity contribution is 6.18. The molecule has 1 fully saturated rings. The van der Waals surface area contributed by atoms with Crippen molar-refractivity contribution in [2.24, 2.45) is 10.9 Å². The van der Waals surface area contributed by atoms with Gasteiger partial charge in [-0.05, 0) is 41.0 Å². The molecular weight excluding hydrogens is 366 g/mol. The molecule has 6 nitrogen and oxygen atoms in total. The number of aliphatic hydroxyl groups is 1. The first kappa shape index (κ1) is 21.4. The van der Waals surface area contributed by atoms with Crippen LogP contribution in [0.5, 0.6) is 5.75 Å². The smallest absolute Gasteiger partial charge is 0.260 e. The third-order valence-corrected chi connectivity index (χ3v) is 5.72. The second kappa shape index (κ2) is 7.48. The Bertz CT molecular complexity index is 873. The van der Waals surface area contributed by atoms with Gasteiger partial charge in [0.2, 0.25) is 0 Å². The van der Waals surface area contributed by atoms with Crippen molar-refractivity contribution >= 4 is 17.8 Å². The molecule has 29 heavy (non-hydrogen) atoms. The van der Waals surface area contributed by atoms with Crippen molar-refractivity contribution in [3.8, 4) is 5.75 Å². The Morgan fingerprint density at radius 1 is 1.10 bits per heavy atom. The van der Waals surface area contributed by atoms with Gasteiger partial charge in [0.05, 0.1) is 11.6 Å². The molecule has 0 saturated carbocycles. The van der Waals surface area contributed by atoms with E-state index >= 15 is 0 Å².